The van der Waals surface area contributed by atoms with Gasteiger partial charge in [-0.1, -0.05) is 36.9 Å². The van der Waals surface area contributed by atoms with E-state index in [0.29, 0.717) is 35.4 Å². The zero-order valence-electron chi connectivity index (χ0n) is 19.6. The Labute approximate surface area is 192 Å². The molecule has 0 radical (unpaired) electrons. The molecular weight excluding hydrogens is 422 g/mol. The summed E-state index contributed by atoms with van der Waals surface area (Å²) in [7, 11) is 0. The molecule has 174 valence electrons. The number of nitrogens with zero attached hydrogens (tertiary/aromatic N) is 2. The maximum atomic E-state index is 13.1. The summed E-state index contributed by atoms with van der Waals surface area (Å²) >= 11 is 0. The van der Waals surface area contributed by atoms with Crippen LogP contribution in [-0.4, -0.2) is 32.4 Å². The van der Waals surface area contributed by atoms with Gasteiger partial charge in [-0.2, -0.15) is 0 Å². The number of aliphatic hydroxyl groups is 1. The van der Waals surface area contributed by atoms with E-state index in [1.165, 1.54) is 11.5 Å². The Morgan fingerprint density at radius 3 is 2.79 bits per heavy atom. The summed E-state index contributed by atoms with van der Waals surface area (Å²) in [6.45, 7) is 13.2. The number of nitrogens with one attached hydrogen (secondary N) is 1. The number of hydrogen-bond acceptors (Lipinski definition) is 6. The number of H-pyrrole nitrogens is 1. The first kappa shape index (κ1) is 24.1. The van der Waals surface area contributed by atoms with Crippen LogP contribution in [0.25, 0.3) is 10.9 Å². The van der Waals surface area contributed by atoms with Gasteiger partial charge in [0.25, 0.3) is 5.56 Å². The summed E-state index contributed by atoms with van der Waals surface area (Å²) in [6, 6.07) is 1.60. The van der Waals surface area contributed by atoms with Crippen LogP contribution >= 0.6 is 0 Å². The number of carbonyl (C=O) groups is 1. The number of fused-ring (bicyclic) bond motifs is 1. The summed E-state index contributed by atoms with van der Waals surface area (Å²) in [5.74, 6) is 5.94. The number of carbonyl (C=O) groups excluding carboxylic acids is 1. The smallest absolute Gasteiger partial charge is 0.340 e. The largest absolute Gasteiger partial charge is 0.462 e. The number of hydrogen-bond donors (Lipinski definition) is 2. The van der Waals surface area contributed by atoms with Crippen molar-refractivity contribution in [1.29, 1.82) is 0 Å². The molecule has 8 heteroatoms. The molecule has 1 atom stereocenters. The number of aromatic amines is 1. The maximum absolute atomic E-state index is 13.1. The molecule has 0 aliphatic carbocycles. The van der Waals surface area contributed by atoms with Crippen molar-refractivity contribution < 1.29 is 19.2 Å². The fourth-order valence-electron chi connectivity index (χ4n) is 3.39. The van der Waals surface area contributed by atoms with E-state index in [0.717, 1.165) is 0 Å². The molecule has 0 fully saturated rings. The van der Waals surface area contributed by atoms with Gasteiger partial charge in [-0.3, -0.25) is 4.79 Å². The van der Waals surface area contributed by atoms with Crippen LogP contribution in [0.3, 0.4) is 0 Å². The van der Waals surface area contributed by atoms with Gasteiger partial charge >= 0.3 is 5.97 Å². The molecule has 3 heterocycles. The van der Waals surface area contributed by atoms with Gasteiger partial charge in [-0.25, -0.2) is 4.79 Å². The van der Waals surface area contributed by atoms with E-state index in [9.17, 15) is 14.7 Å². The quantitative estimate of drug-likeness (QED) is 0.323. The van der Waals surface area contributed by atoms with E-state index in [1.54, 1.807) is 32.2 Å². The topological polar surface area (TPSA) is 110 Å². The third-order valence-corrected chi connectivity index (χ3v) is 5.11. The van der Waals surface area contributed by atoms with Crippen molar-refractivity contribution >= 4 is 16.9 Å². The second-order valence-corrected chi connectivity index (χ2v) is 8.63. The second kappa shape index (κ2) is 9.51. The molecule has 33 heavy (non-hydrogen) atoms. The molecule has 0 spiro atoms. The second-order valence-electron chi connectivity index (χ2n) is 8.63. The predicted octanol–water partition coefficient (Wildman–Crippen LogP) is 3.58. The van der Waals surface area contributed by atoms with Crippen LogP contribution in [0, 0.1) is 31.6 Å². The lowest BCUT2D eigenvalue weighted by Gasteiger charge is -2.12. The average Bonchev–Trinajstić information content (AvgIpc) is 3.34. The van der Waals surface area contributed by atoms with Crippen molar-refractivity contribution in [3.63, 3.8) is 0 Å². The molecule has 0 unspecified atom stereocenters. The minimum atomic E-state index is -1.60. The summed E-state index contributed by atoms with van der Waals surface area (Å²) in [5.41, 5.74) is -0.158. The fourth-order valence-corrected chi connectivity index (χ4v) is 3.39. The van der Waals surface area contributed by atoms with E-state index >= 15 is 0 Å². The Morgan fingerprint density at radius 1 is 1.45 bits per heavy atom. The van der Waals surface area contributed by atoms with Crippen LogP contribution in [0.5, 0.6) is 0 Å². The van der Waals surface area contributed by atoms with E-state index in [2.05, 4.69) is 28.6 Å². The first-order chi connectivity index (χ1) is 15.5. The van der Waals surface area contributed by atoms with E-state index in [1.807, 2.05) is 13.8 Å². The maximum Gasteiger partial charge on any atom is 0.340 e. The Morgan fingerprint density at radius 2 is 2.18 bits per heavy atom. The summed E-state index contributed by atoms with van der Waals surface area (Å²) in [4.78, 5) is 29.0. The van der Waals surface area contributed by atoms with Gasteiger partial charge in [0.1, 0.15) is 17.0 Å². The molecule has 0 bridgehead atoms. The van der Waals surface area contributed by atoms with Crippen LogP contribution in [0.4, 0.5) is 0 Å². The highest BCUT2D eigenvalue weighted by molar-refractivity contribution is 6.07. The van der Waals surface area contributed by atoms with E-state index in [4.69, 9.17) is 9.26 Å². The standard InChI is InChI=1S/C25H29N3O5/c1-7-8-11-28-13-18(9-10-25(6,31)19-12-16(4)33-27-19)21-20(24(30)32-14-15(2)3)17(5)26-22(21)23(28)29/h7,12-13,15,26,31H,1,8,11,14H2,2-6H3/t25-/m1/s1. The number of allylic oxidation sites excluding steroid dienone is 1. The minimum absolute atomic E-state index is 0.163. The van der Waals surface area contributed by atoms with Crippen molar-refractivity contribution in [1.82, 2.24) is 14.7 Å². The van der Waals surface area contributed by atoms with Gasteiger partial charge in [0.05, 0.1) is 17.7 Å². The molecular formula is C25H29N3O5. The van der Waals surface area contributed by atoms with Gasteiger partial charge in [-0.15, -0.1) is 6.58 Å². The SMILES string of the molecule is C=CCCn1cc(C#C[C@@](C)(O)c2cc(C)on2)c2c(C(=O)OCC(C)C)c(C)[nH]c2c1=O. The zero-order valence-corrected chi connectivity index (χ0v) is 19.6. The monoisotopic (exact) mass is 451 g/mol. The van der Waals surface area contributed by atoms with Gasteiger partial charge < -0.3 is 23.9 Å². The van der Waals surface area contributed by atoms with Gasteiger partial charge in [0.2, 0.25) is 0 Å². The van der Waals surface area contributed by atoms with Crippen LogP contribution < -0.4 is 5.56 Å². The highest BCUT2D eigenvalue weighted by Crippen LogP contribution is 2.26. The molecule has 8 nitrogen and oxygen atoms in total. The zero-order chi connectivity index (χ0) is 24.3. The van der Waals surface area contributed by atoms with Crippen LogP contribution in [0.15, 0.2) is 34.2 Å². The molecule has 0 amide bonds. The number of esters is 1. The first-order valence-electron chi connectivity index (χ1n) is 10.8. The highest BCUT2D eigenvalue weighted by Gasteiger charge is 2.26. The molecule has 2 N–H and O–H groups in total. The lowest BCUT2D eigenvalue weighted by molar-refractivity contribution is 0.0460. The molecule has 3 aromatic rings. The lowest BCUT2D eigenvalue weighted by atomic mass is 10.0. The number of rotatable bonds is 7. The average molecular weight is 452 g/mol. The van der Waals surface area contributed by atoms with Crippen molar-refractivity contribution in [2.75, 3.05) is 6.61 Å². The molecule has 0 aromatic carbocycles. The summed E-state index contributed by atoms with van der Waals surface area (Å²) in [5, 5.41) is 15.1. The van der Waals surface area contributed by atoms with Crippen molar-refractivity contribution in [3.8, 4) is 11.8 Å². The highest BCUT2D eigenvalue weighted by atomic mass is 16.5. The number of aryl methyl sites for hydroxylation is 3. The molecule has 3 aromatic heterocycles. The number of aromatic nitrogens is 3. The first-order valence-corrected chi connectivity index (χ1v) is 10.8. The Balaban J connectivity index is 2.21. The van der Waals surface area contributed by atoms with Gasteiger partial charge in [0, 0.05) is 29.9 Å². The summed E-state index contributed by atoms with van der Waals surface area (Å²) in [6.07, 6.45) is 3.89. The van der Waals surface area contributed by atoms with Crippen molar-refractivity contribution in [3.05, 3.63) is 63.5 Å². The van der Waals surface area contributed by atoms with Crippen LogP contribution in [0.1, 0.15) is 60.3 Å². The molecule has 0 aliphatic rings. The normalized spacial score (nSPS) is 12.9. The summed E-state index contributed by atoms with van der Waals surface area (Å²) < 4.78 is 12.0. The Hall–Kier alpha value is -3.57. The number of pyridine rings is 1. The molecule has 0 aliphatic heterocycles. The van der Waals surface area contributed by atoms with Crippen LogP contribution in [0.2, 0.25) is 0 Å². The third kappa shape index (κ3) is 5.10. The van der Waals surface area contributed by atoms with E-state index in [-0.39, 0.29) is 34.9 Å². The predicted molar refractivity (Wildman–Crippen MR) is 125 cm³/mol. The van der Waals surface area contributed by atoms with E-state index < -0.39 is 11.6 Å². The van der Waals surface area contributed by atoms with Crippen LogP contribution in [-0.2, 0) is 16.9 Å². The van der Waals surface area contributed by atoms with Gasteiger partial charge in [0.15, 0.2) is 5.60 Å². The molecule has 3 rings (SSSR count). The number of ether oxygens (including phenoxy) is 1. The van der Waals surface area contributed by atoms with Gasteiger partial charge in [-0.05, 0) is 33.1 Å². The molecule has 0 saturated carbocycles. The van der Waals surface area contributed by atoms with Crippen molar-refractivity contribution in [2.24, 2.45) is 5.92 Å². The van der Waals surface area contributed by atoms with Crippen molar-refractivity contribution in [2.45, 2.75) is 53.2 Å². The minimum Gasteiger partial charge on any atom is -0.462 e. The Kier molecular flexibility index (Phi) is 6.94. The third-order valence-electron chi connectivity index (χ3n) is 5.11. The fraction of sp³-hybridized carbons (Fsp3) is 0.400. The Bertz CT molecular complexity index is 1310. The molecule has 0 saturated heterocycles. The lowest BCUT2D eigenvalue weighted by Crippen LogP contribution is -2.21.